The van der Waals surface area contributed by atoms with Gasteiger partial charge in [0.15, 0.2) is 0 Å². The van der Waals surface area contributed by atoms with Crippen LogP contribution in [0.25, 0.3) is 0 Å². The molecule has 0 atom stereocenters. The molecule has 0 aliphatic carbocycles. The minimum absolute atomic E-state index is 0.330. The van der Waals surface area contributed by atoms with Gasteiger partial charge in [-0.2, -0.15) is 4.98 Å². The van der Waals surface area contributed by atoms with E-state index in [1.165, 1.54) is 12.1 Å². The third-order valence-corrected chi connectivity index (χ3v) is 3.30. The minimum Gasteiger partial charge on any atom is -0.438 e. The summed E-state index contributed by atoms with van der Waals surface area (Å²) in [6.45, 7) is 2.82. The summed E-state index contributed by atoms with van der Waals surface area (Å²) in [6, 6.07) is 4.31. The highest BCUT2D eigenvalue weighted by Gasteiger charge is 2.09. The highest BCUT2D eigenvalue weighted by molar-refractivity contribution is 9.10. The first-order valence-electron chi connectivity index (χ1n) is 5.99. The molecule has 0 aliphatic heterocycles. The van der Waals surface area contributed by atoms with Gasteiger partial charge in [-0.3, -0.25) is 0 Å². The van der Waals surface area contributed by atoms with Crippen molar-refractivity contribution in [2.24, 2.45) is 0 Å². The number of nitrogens with zero attached hydrogens (tertiary/aromatic N) is 2. The predicted octanol–water partition coefficient (Wildman–Crippen LogP) is 4.75. The van der Waals surface area contributed by atoms with Crippen molar-refractivity contribution in [1.29, 1.82) is 0 Å². The van der Waals surface area contributed by atoms with Gasteiger partial charge in [0.1, 0.15) is 11.6 Å². The fourth-order valence-corrected chi connectivity index (χ4v) is 2.16. The van der Waals surface area contributed by atoms with Crippen LogP contribution in [0.2, 0.25) is 0 Å². The van der Waals surface area contributed by atoms with Crippen molar-refractivity contribution in [3.05, 3.63) is 39.2 Å². The van der Waals surface area contributed by atoms with Gasteiger partial charge in [-0.25, -0.2) is 9.37 Å². The Kier molecular flexibility index (Phi) is 5.31. The first-order valence-corrected chi connectivity index (χ1v) is 7.57. The summed E-state index contributed by atoms with van der Waals surface area (Å²) in [4.78, 5) is 8.36. The van der Waals surface area contributed by atoms with Gasteiger partial charge in [-0.15, -0.1) is 0 Å². The third-order valence-electron chi connectivity index (χ3n) is 2.30. The smallest absolute Gasteiger partial charge is 0.238 e. The van der Waals surface area contributed by atoms with E-state index >= 15 is 0 Å². The Morgan fingerprint density at radius 3 is 2.80 bits per heavy atom. The van der Waals surface area contributed by atoms with E-state index in [0.717, 1.165) is 13.0 Å². The summed E-state index contributed by atoms with van der Waals surface area (Å²) in [7, 11) is 0. The number of aromatic nitrogens is 2. The Balaban J connectivity index is 2.23. The average molecular weight is 405 g/mol. The molecule has 2 rings (SSSR count). The molecule has 0 bridgehead atoms. The summed E-state index contributed by atoms with van der Waals surface area (Å²) in [5, 5.41) is 3.06. The Hall–Kier alpha value is -1.21. The molecule has 1 heterocycles. The summed E-state index contributed by atoms with van der Waals surface area (Å²) < 4.78 is 20.1. The highest BCUT2D eigenvalue weighted by Crippen LogP contribution is 2.30. The van der Waals surface area contributed by atoms with Gasteiger partial charge >= 0.3 is 0 Å². The highest BCUT2D eigenvalue weighted by atomic mass is 79.9. The molecule has 0 aliphatic rings. The first-order chi connectivity index (χ1) is 9.58. The largest absolute Gasteiger partial charge is 0.438 e. The second kappa shape index (κ2) is 6.99. The molecular formula is C13H12Br2FN3O. The van der Waals surface area contributed by atoms with Crippen molar-refractivity contribution in [1.82, 2.24) is 9.97 Å². The summed E-state index contributed by atoms with van der Waals surface area (Å²) in [5.41, 5.74) is 0. The van der Waals surface area contributed by atoms with Crippen LogP contribution in [0.5, 0.6) is 11.6 Å². The number of rotatable bonds is 5. The zero-order chi connectivity index (χ0) is 14.5. The number of hydrogen-bond donors (Lipinski definition) is 1. The van der Waals surface area contributed by atoms with E-state index in [1.807, 2.05) is 6.92 Å². The SMILES string of the molecule is CCCNc1ncc(Br)c(Oc2cc(F)cc(Br)c2)n1. The van der Waals surface area contributed by atoms with E-state index in [-0.39, 0.29) is 5.82 Å². The lowest BCUT2D eigenvalue weighted by atomic mass is 10.3. The number of anilines is 1. The van der Waals surface area contributed by atoms with Crippen LogP contribution in [0.3, 0.4) is 0 Å². The van der Waals surface area contributed by atoms with Crippen LogP contribution in [0, 0.1) is 5.82 Å². The molecule has 0 spiro atoms. The lowest BCUT2D eigenvalue weighted by Crippen LogP contribution is -2.05. The van der Waals surface area contributed by atoms with Crippen LogP contribution in [0.4, 0.5) is 10.3 Å². The summed E-state index contributed by atoms with van der Waals surface area (Å²) >= 11 is 6.53. The monoisotopic (exact) mass is 403 g/mol. The standard InChI is InChI=1S/C13H12Br2FN3O/c1-2-3-17-13-18-7-11(15)12(19-13)20-10-5-8(14)4-9(16)6-10/h4-7H,2-3H2,1H3,(H,17,18,19). The van der Waals surface area contributed by atoms with Crippen LogP contribution >= 0.6 is 31.9 Å². The lowest BCUT2D eigenvalue weighted by molar-refractivity contribution is 0.454. The molecule has 7 heteroatoms. The molecule has 0 unspecified atom stereocenters. The van der Waals surface area contributed by atoms with E-state index in [2.05, 4.69) is 47.1 Å². The van der Waals surface area contributed by atoms with Crippen molar-refractivity contribution in [3.8, 4) is 11.6 Å². The first kappa shape index (κ1) is 15.2. The van der Waals surface area contributed by atoms with Crippen LogP contribution in [0.15, 0.2) is 33.3 Å². The second-order valence-electron chi connectivity index (χ2n) is 3.98. The molecule has 2 aromatic rings. The number of hydrogen-bond acceptors (Lipinski definition) is 4. The second-order valence-corrected chi connectivity index (χ2v) is 5.75. The molecule has 0 radical (unpaired) electrons. The Morgan fingerprint density at radius 2 is 2.10 bits per heavy atom. The molecular weight excluding hydrogens is 393 g/mol. The van der Waals surface area contributed by atoms with Crippen LogP contribution < -0.4 is 10.1 Å². The minimum atomic E-state index is -0.385. The normalized spacial score (nSPS) is 10.4. The van der Waals surface area contributed by atoms with Crippen molar-refractivity contribution < 1.29 is 9.13 Å². The third kappa shape index (κ3) is 4.14. The van der Waals surface area contributed by atoms with Gasteiger partial charge in [-0.1, -0.05) is 22.9 Å². The maximum atomic E-state index is 13.3. The van der Waals surface area contributed by atoms with Gasteiger partial charge in [0.25, 0.3) is 0 Å². The average Bonchev–Trinajstić information content (AvgIpc) is 2.38. The Labute approximate surface area is 133 Å². The molecule has 0 amide bonds. The zero-order valence-electron chi connectivity index (χ0n) is 10.7. The van der Waals surface area contributed by atoms with Crippen LogP contribution in [0.1, 0.15) is 13.3 Å². The van der Waals surface area contributed by atoms with Crippen molar-refractivity contribution in [3.63, 3.8) is 0 Å². The maximum absolute atomic E-state index is 13.3. The molecule has 0 saturated carbocycles. The fraction of sp³-hybridized carbons (Fsp3) is 0.231. The van der Waals surface area contributed by atoms with Crippen LogP contribution in [-0.2, 0) is 0 Å². The molecule has 0 saturated heterocycles. The lowest BCUT2D eigenvalue weighted by Gasteiger charge is -2.09. The van der Waals surface area contributed by atoms with Crippen molar-refractivity contribution >= 4 is 37.8 Å². The molecule has 1 aromatic carbocycles. The number of benzene rings is 1. The Bertz CT molecular complexity index is 590. The number of nitrogens with one attached hydrogen (secondary N) is 1. The van der Waals surface area contributed by atoms with Gasteiger partial charge in [-0.05, 0) is 34.5 Å². The summed E-state index contributed by atoms with van der Waals surface area (Å²) in [6.07, 6.45) is 2.56. The Morgan fingerprint density at radius 1 is 1.30 bits per heavy atom. The van der Waals surface area contributed by atoms with E-state index in [1.54, 1.807) is 12.3 Å². The maximum Gasteiger partial charge on any atom is 0.238 e. The quantitative estimate of drug-likeness (QED) is 0.780. The predicted molar refractivity (Wildman–Crippen MR) is 82.7 cm³/mol. The van der Waals surface area contributed by atoms with E-state index in [0.29, 0.717) is 26.5 Å². The number of halogens is 3. The molecule has 106 valence electrons. The summed E-state index contributed by atoms with van der Waals surface area (Å²) in [5.74, 6) is 0.776. The molecule has 4 nitrogen and oxygen atoms in total. The van der Waals surface area contributed by atoms with Crippen LogP contribution in [-0.4, -0.2) is 16.5 Å². The van der Waals surface area contributed by atoms with E-state index in [4.69, 9.17) is 4.74 Å². The van der Waals surface area contributed by atoms with Gasteiger partial charge in [0.2, 0.25) is 11.8 Å². The van der Waals surface area contributed by atoms with E-state index in [9.17, 15) is 4.39 Å². The van der Waals surface area contributed by atoms with Crippen molar-refractivity contribution in [2.75, 3.05) is 11.9 Å². The van der Waals surface area contributed by atoms with Gasteiger partial charge in [0, 0.05) is 17.1 Å². The molecule has 1 aromatic heterocycles. The molecule has 20 heavy (non-hydrogen) atoms. The number of ether oxygens (including phenoxy) is 1. The van der Waals surface area contributed by atoms with E-state index < -0.39 is 0 Å². The topological polar surface area (TPSA) is 47.0 Å². The van der Waals surface area contributed by atoms with Crippen molar-refractivity contribution in [2.45, 2.75) is 13.3 Å². The fourth-order valence-electron chi connectivity index (χ4n) is 1.44. The molecule has 1 N–H and O–H groups in total. The molecule has 0 fully saturated rings. The zero-order valence-corrected chi connectivity index (χ0v) is 13.8. The van der Waals surface area contributed by atoms with Gasteiger partial charge in [0.05, 0.1) is 10.7 Å². The van der Waals surface area contributed by atoms with Gasteiger partial charge < -0.3 is 10.1 Å².